The number of benzene rings is 1. The van der Waals surface area contributed by atoms with E-state index in [1.807, 2.05) is 13.0 Å². The van der Waals surface area contributed by atoms with Crippen molar-refractivity contribution in [1.29, 1.82) is 0 Å². The molecule has 0 atom stereocenters. The molecule has 0 N–H and O–H groups in total. The van der Waals surface area contributed by atoms with Gasteiger partial charge in [0.25, 0.3) is 0 Å². The smallest absolute Gasteiger partial charge is 0 e. The molecule has 1 radical (unpaired) electrons. The van der Waals surface area contributed by atoms with Crippen molar-refractivity contribution in [3.8, 4) is 0 Å². The number of halogens is 1. The van der Waals surface area contributed by atoms with Crippen LogP contribution in [0, 0.1) is 16.6 Å². The second-order valence-corrected chi connectivity index (χ2v) is 2.94. The third-order valence-electron chi connectivity index (χ3n) is 0.930. The quantitative estimate of drug-likeness (QED) is 0.510. The Morgan fingerprint density at radius 2 is 2.11 bits per heavy atom. The first-order valence-electron chi connectivity index (χ1n) is 2.43. The van der Waals surface area contributed by atoms with Gasteiger partial charge in [0.2, 0.25) is 0 Å². The van der Waals surface area contributed by atoms with Crippen molar-refractivity contribution >= 4 is 22.6 Å². The zero-order valence-electron chi connectivity index (χ0n) is 5.19. The summed E-state index contributed by atoms with van der Waals surface area (Å²) in [6.07, 6.45) is 0. The van der Waals surface area contributed by atoms with Crippen LogP contribution < -0.4 is 0 Å². The average molecular weight is 306 g/mol. The van der Waals surface area contributed by atoms with Crippen LogP contribution in [0.1, 0.15) is 5.56 Å². The van der Waals surface area contributed by atoms with E-state index in [0.717, 1.165) is 0 Å². The maximum absolute atomic E-state index is 3.09. The number of aryl methyl sites for hydroxylation is 1. The summed E-state index contributed by atoms with van der Waals surface area (Å²) in [4.78, 5) is 0. The Morgan fingerprint density at radius 3 is 2.44 bits per heavy atom. The van der Waals surface area contributed by atoms with Crippen molar-refractivity contribution in [2.75, 3.05) is 0 Å². The van der Waals surface area contributed by atoms with Gasteiger partial charge >= 0.3 is 0 Å². The SMILES string of the molecule is Cc1[c-]cc(I)cc1.[Y]. The molecule has 0 aliphatic heterocycles. The molecular weight excluding hydrogens is 300 g/mol. The summed E-state index contributed by atoms with van der Waals surface area (Å²) in [5.74, 6) is 0. The van der Waals surface area contributed by atoms with Crippen LogP contribution in [0.2, 0.25) is 0 Å². The van der Waals surface area contributed by atoms with E-state index < -0.39 is 0 Å². The first-order valence-corrected chi connectivity index (χ1v) is 3.51. The minimum Gasteiger partial charge on any atom is -0.180 e. The van der Waals surface area contributed by atoms with E-state index in [1.54, 1.807) is 0 Å². The maximum atomic E-state index is 3.09. The molecule has 0 nitrogen and oxygen atoms in total. The molecule has 0 bridgehead atoms. The molecule has 0 aliphatic rings. The maximum Gasteiger partial charge on any atom is 0 e. The van der Waals surface area contributed by atoms with Gasteiger partial charge in [-0.2, -0.15) is 29.8 Å². The average Bonchev–Trinajstić information content (AvgIpc) is 1.77. The zero-order chi connectivity index (χ0) is 5.98. The summed E-state index contributed by atoms with van der Waals surface area (Å²) in [5.41, 5.74) is 1.20. The fraction of sp³-hybridized carbons (Fsp3) is 0.143. The molecule has 9 heavy (non-hydrogen) atoms. The molecule has 0 unspecified atom stereocenters. The molecule has 0 saturated heterocycles. The van der Waals surface area contributed by atoms with E-state index >= 15 is 0 Å². The molecule has 0 fully saturated rings. The van der Waals surface area contributed by atoms with Gasteiger partial charge < -0.3 is 0 Å². The van der Waals surface area contributed by atoms with Crippen molar-refractivity contribution in [3.63, 3.8) is 0 Å². The van der Waals surface area contributed by atoms with Crippen LogP contribution in [0.25, 0.3) is 0 Å². The fourth-order valence-electron chi connectivity index (χ4n) is 0.484. The summed E-state index contributed by atoms with van der Waals surface area (Å²) >= 11 is 2.27. The number of hydrogen-bond donors (Lipinski definition) is 0. The van der Waals surface area contributed by atoms with Crippen LogP contribution in [0.5, 0.6) is 0 Å². The minimum atomic E-state index is 0. The third-order valence-corrected chi connectivity index (χ3v) is 1.60. The van der Waals surface area contributed by atoms with Gasteiger partial charge in [0, 0.05) is 32.7 Å². The van der Waals surface area contributed by atoms with Gasteiger partial charge in [0.15, 0.2) is 0 Å². The second-order valence-electron chi connectivity index (χ2n) is 1.69. The molecule has 0 heterocycles. The molecule has 45 valence electrons. The van der Waals surface area contributed by atoms with Gasteiger partial charge in [-0.15, -0.1) is 22.6 Å². The van der Waals surface area contributed by atoms with Crippen molar-refractivity contribution < 1.29 is 32.7 Å². The predicted molar refractivity (Wildman–Crippen MR) is 42.7 cm³/mol. The van der Waals surface area contributed by atoms with E-state index in [9.17, 15) is 0 Å². The third kappa shape index (κ3) is 3.69. The van der Waals surface area contributed by atoms with Gasteiger partial charge in [0.05, 0.1) is 0 Å². The van der Waals surface area contributed by atoms with E-state index in [2.05, 4.69) is 40.8 Å². The Hall–Kier alpha value is 1.05. The summed E-state index contributed by atoms with van der Waals surface area (Å²) < 4.78 is 1.24. The first-order chi connectivity index (χ1) is 3.79. The van der Waals surface area contributed by atoms with E-state index in [-0.39, 0.29) is 32.7 Å². The molecule has 0 saturated carbocycles. The van der Waals surface area contributed by atoms with Crippen molar-refractivity contribution in [2.45, 2.75) is 6.92 Å². The van der Waals surface area contributed by atoms with Crippen LogP contribution >= 0.6 is 22.6 Å². The van der Waals surface area contributed by atoms with Crippen LogP contribution in [0.4, 0.5) is 0 Å². The van der Waals surface area contributed by atoms with Crippen LogP contribution in [-0.4, -0.2) is 0 Å². The van der Waals surface area contributed by atoms with Gasteiger partial charge in [0.1, 0.15) is 0 Å². The standard InChI is InChI=1S/C7H6I.Y/c1-6-2-4-7(8)5-3-6;/h2,4-5H,1H3;/q-1;. The topological polar surface area (TPSA) is 0 Å². The monoisotopic (exact) mass is 306 g/mol. The molecule has 0 aromatic heterocycles. The molecule has 1 aromatic rings. The van der Waals surface area contributed by atoms with E-state index in [4.69, 9.17) is 0 Å². The Morgan fingerprint density at radius 1 is 1.44 bits per heavy atom. The summed E-state index contributed by atoms with van der Waals surface area (Å²) in [5, 5.41) is 0. The predicted octanol–water partition coefficient (Wildman–Crippen LogP) is 2.40. The normalized spacial score (nSPS) is 8.22. The molecule has 0 spiro atoms. The molecular formula is C7H6IY-. The van der Waals surface area contributed by atoms with Gasteiger partial charge in [-0.25, -0.2) is 0 Å². The van der Waals surface area contributed by atoms with E-state index in [0.29, 0.717) is 0 Å². The molecule has 0 amide bonds. The molecule has 1 aromatic carbocycles. The second kappa shape index (κ2) is 4.81. The van der Waals surface area contributed by atoms with Crippen molar-refractivity contribution in [1.82, 2.24) is 0 Å². The number of rotatable bonds is 0. The fourth-order valence-corrected chi connectivity index (χ4v) is 0.819. The Balaban J connectivity index is 0.000000640. The van der Waals surface area contributed by atoms with E-state index in [1.165, 1.54) is 9.13 Å². The Kier molecular flexibility index (Phi) is 5.37. The molecule has 1 rings (SSSR count). The van der Waals surface area contributed by atoms with Gasteiger partial charge in [-0.05, 0) is 0 Å². The number of hydrogen-bond acceptors (Lipinski definition) is 0. The summed E-state index contributed by atoms with van der Waals surface area (Å²) in [6.45, 7) is 2.04. The zero-order valence-corrected chi connectivity index (χ0v) is 10.2. The van der Waals surface area contributed by atoms with Crippen LogP contribution in [-0.2, 0) is 32.7 Å². The Bertz CT molecular complexity index is 148. The molecule has 0 aliphatic carbocycles. The van der Waals surface area contributed by atoms with Crippen LogP contribution in [0.3, 0.4) is 0 Å². The van der Waals surface area contributed by atoms with Crippen molar-refractivity contribution in [3.05, 3.63) is 33.4 Å². The van der Waals surface area contributed by atoms with Crippen LogP contribution in [0.15, 0.2) is 18.2 Å². The molecule has 2 heteroatoms. The van der Waals surface area contributed by atoms with Crippen molar-refractivity contribution in [2.24, 2.45) is 0 Å². The minimum absolute atomic E-state index is 0. The first kappa shape index (κ1) is 10.1. The van der Waals surface area contributed by atoms with Gasteiger partial charge in [-0.1, -0.05) is 10.5 Å². The van der Waals surface area contributed by atoms with Gasteiger partial charge in [-0.3, -0.25) is 0 Å². The largest absolute Gasteiger partial charge is 0.180 e. The summed E-state index contributed by atoms with van der Waals surface area (Å²) in [6, 6.07) is 9.21. The summed E-state index contributed by atoms with van der Waals surface area (Å²) in [7, 11) is 0. The Labute approximate surface area is 94.4 Å².